The van der Waals surface area contributed by atoms with Gasteiger partial charge in [-0.15, -0.1) is 0 Å². The van der Waals surface area contributed by atoms with Crippen LogP contribution < -0.4 is 10.6 Å². The molecule has 0 spiro atoms. The zero-order chi connectivity index (χ0) is 15.1. The molecule has 0 atom stereocenters. The van der Waals surface area contributed by atoms with Crippen molar-refractivity contribution in [2.75, 3.05) is 10.6 Å². The summed E-state index contributed by atoms with van der Waals surface area (Å²) < 4.78 is 0. The number of rotatable bonds is 2. The summed E-state index contributed by atoms with van der Waals surface area (Å²) in [6.07, 6.45) is 2.74. The third-order valence-corrected chi connectivity index (χ3v) is 3.20. The minimum Gasteiger partial charge on any atom is -0.478 e. The molecule has 7 nitrogen and oxygen atoms in total. The fourth-order valence-corrected chi connectivity index (χ4v) is 2.19. The normalized spacial score (nSPS) is 13.4. The van der Waals surface area contributed by atoms with Gasteiger partial charge in [-0.1, -0.05) is 0 Å². The van der Waals surface area contributed by atoms with E-state index in [1.54, 1.807) is 0 Å². The van der Waals surface area contributed by atoms with Crippen LogP contribution in [0.4, 0.5) is 11.4 Å². The van der Waals surface area contributed by atoms with E-state index in [1.165, 1.54) is 36.7 Å². The second kappa shape index (κ2) is 4.41. The Morgan fingerprint density at radius 2 is 1.86 bits per heavy atom. The van der Waals surface area contributed by atoms with Crippen molar-refractivity contribution in [1.82, 2.24) is 4.98 Å². The zero-order valence-electron chi connectivity index (χ0n) is 10.6. The van der Waals surface area contributed by atoms with Crippen LogP contribution in [0.2, 0.25) is 0 Å². The van der Waals surface area contributed by atoms with Crippen molar-refractivity contribution in [3.8, 4) is 0 Å². The smallest absolute Gasteiger partial charge is 0.335 e. The van der Waals surface area contributed by atoms with Crippen molar-refractivity contribution in [2.45, 2.75) is 0 Å². The molecule has 0 saturated carbocycles. The Labute approximate surface area is 118 Å². The molecule has 3 N–H and O–H groups in total. The van der Waals surface area contributed by atoms with Gasteiger partial charge >= 0.3 is 5.97 Å². The number of carboxylic acid groups (broad SMARTS) is 1. The van der Waals surface area contributed by atoms with Crippen LogP contribution in [0.1, 0.15) is 31.1 Å². The van der Waals surface area contributed by atoms with Crippen molar-refractivity contribution in [1.29, 1.82) is 0 Å². The van der Waals surface area contributed by atoms with Crippen LogP contribution in [0.5, 0.6) is 0 Å². The molecule has 1 aromatic carbocycles. The van der Waals surface area contributed by atoms with Crippen LogP contribution in [-0.4, -0.2) is 27.9 Å². The van der Waals surface area contributed by atoms with Gasteiger partial charge in [0.05, 0.1) is 28.1 Å². The lowest BCUT2D eigenvalue weighted by Gasteiger charge is -2.16. The van der Waals surface area contributed by atoms with Gasteiger partial charge in [-0.3, -0.25) is 14.6 Å². The first-order valence-corrected chi connectivity index (χ1v) is 5.96. The molecule has 104 valence electrons. The van der Waals surface area contributed by atoms with Crippen molar-refractivity contribution in [3.63, 3.8) is 0 Å². The highest BCUT2D eigenvalue weighted by molar-refractivity contribution is 6.35. The average Bonchev–Trinajstić information content (AvgIpc) is 2.72. The van der Waals surface area contributed by atoms with Crippen molar-refractivity contribution < 1.29 is 19.5 Å². The number of imide groups is 1. The monoisotopic (exact) mass is 283 g/mol. The van der Waals surface area contributed by atoms with Gasteiger partial charge in [0.25, 0.3) is 11.8 Å². The topological polar surface area (TPSA) is 114 Å². The van der Waals surface area contributed by atoms with Gasteiger partial charge in [0.2, 0.25) is 0 Å². The highest BCUT2D eigenvalue weighted by atomic mass is 16.4. The van der Waals surface area contributed by atoms with Crippen LogP contribution >= 0.6 is 0 Å². The number of nitrogens with zero attached hydrogens (tertiary/aromatic N) is 2. The Bertz CT molecular complexity index is 766. The maximum Gasteiger partial charge on any atom is 0.335 e. The van der Waals surface area contributed by atoms with E-state index < -0.39 is 17.8 Å². The Morgan fingerprint density at radius 1 is 1.14 bits per heavy atom. The molecule has 21 heavy (non-hydrogen) atoms. The number of pyridine rings is 1. The predicted molar refractivity (Wildman–Crippen MR) is 73.2 cm³/mol. The number of carbonyl (C=O) groups excluding carboxylic acids is 2. The lowest BCUT2D eigenvalue weighted by molar-refractivity contribution is 0.0696. The minimum absolute atomic E-state index is 0.0190. The number of benzene rings is 1. The molecule has 3 rings (SSSR count). The molecule has 1 aromatic heterocycles. The van der Waals surface area contributed by atoms with E-state index in [0.29, 0.717) is 0 Å². The lowest BCUT2D eigenvalue weighted by atomic mass is 10.1. The second-order valence-electron chi connectivity index (χ2n) is 4.45. The van der Waals surface area contributed by atoms with Gasteiger partial charge in [-0.05, 0) is 24.3 Å². The van der Waals surface area contributed by atoms with Gasteiger partial charge in [0.1, 0.15) is 0 Å². The van der Waals surface area contributed by atoms with E-state index in [4.69, 9.17) is 10.8 Å². The number of aromatic carboxylic acids is 1. The highest BCUT2D eigenvalue weighted by Crippen LogP contribution is 2.32. The number of amides is 2. The summed E-state index contributed by atoms with van der Waals surface area (Å²) in [7, 11) is 0. The average molecular weight is 283 g/mol. The number of anilines is 2. The molecule has 0 unspecified atom stereocenters. The van der Waals surface area contributed by atoms with E-state index in [1.807, 2.05) is 0 Å². The number of carbonyl (C=O) groups is 3. The standard InChI is InChI=1S/C14H9N3O4/c15-10-5-7(14(20)21)1-2-11(10)17-12(18)8-3-4-16-6-9(8)13(17)19/h1-6H,15H2,(H,20,21). The highest BCUT2D eigenvalue weighted by Gasteiger charge is 2.37. The lowest BCUT2D eigenvalue weighted by Crippen LogP contribution is -2.30. The number of nitrogen functional groups attached to an aromatic ring is 1. The minimum atomic E-state index is -1.14. The maximum atomic E-state index is 12.3. The number of fused-ring (bicyclic) bond motifs is 1. The third kappa shape index (κ3) is 1.83. The van der Waals surface area contributed by atoms with E-state index in [-0.39, 0.29) is 28.1 Å². The maximum absolute atomic E-state index is 12.3. The van der Waals surface area contributed by atoms with Gasteiger partial charge in [-0.25, -0.2) is 9.69 Å². The summed E-state index contributed by atoms with van der Waals surface area (Å²) in [5, 5.41) is 8.90. The Balaban J connectivity index is 2.09. The molecule has 2 amide bonds. The molecule has 2 aromatic rings. The van der Waals surface area contributed by atoms with Crippen LogP contribution in [0.25, 0.3) is 0 Å². The summed E-state index contributed by atoms with van der Waals surface area (Å²) in [6.45, 7) is 0. The van der Waals surface area contributed by atoms with Crippen LogP contribution in [0.3, 0.4) is 0 Å². The number of nitrogens with two attached hydrogens (primary N) is 1. The number of carboxylic acids is 1. The summed E-state index contributed by atoms with van der Waals surface area (Å²) in [5.74, 6) is -2.18. The first-order valence-electron chi connectivity index (χ1n) is 5.96. The van der Waals surface area contributed by atoms with Gasteiger partial charge in [0, 0.05) is 12.4 Å². The summed E-state index contributed by atoms with van der Waals surface area (Å²) in [4.78, 5) is 40.2. The molecule has 0 fully saturated rings. The molecule has 0 bridgehead atoms. The van der Waals surface area contributed by atoms with Gasteiger partial charge in [-0.2, -0.15) is 0 Å². The molecule has 1 aliphatic heterocycles. The van der Waals surface area contributed by atoms with Crippen LogP contribution in [-0.2, 0) is 0 Å². The largest absolute Gasteiger partial charge is 0.478 e. The molecular formula is C14H9N3O4. The SMILES string of the molecule is Nc1cc(C(=O)O)ccc1N1C(=O)c2ccncc2C1=O. The zero-order valence-corrected chi connectivity index (χ0v) is 10.6. The van der Waals surface area contributed by atoms with Gasteiger partial charge in [0.15, 0.2) is 0 Å². The number of hydrogen-bond donors (Lipinski definition) is 2. The van der Waals surface area contributed by atoms with Crippen molar-refractivity contribution in [2.24, 2.45) is 0 Å². The molecule has 7 heteroatoms. The molecule has 0 radical (unpaired) electrons. The van der Waals surface area contributed by atoms with Crippen molar-refractivity contribution >= 4 is 29.2 Å². The Morgan fingerprint density at radius 3 is 2.48 bits per heavy atom. The Kier molecular flexibility index (Phi) is 2.69. The van der Waals surface area contributed by atoms with Crippen LogP contribution in [0.15, 0.2) is 36.7 Å². The third-order valence-electron chi connectivity index (χ3n) is 3.20. The summed E-state index contributed by atoms with van der Waals surface area (Å²) in [5.41, 5.74) is 6.40. The fourth-order valence-electron chi connectivity index (χ4n) is 2.19. The first-order chi connectivity index (χ1) is 10.0. The van der Waals surface area contributed by atoms with E-state index in [0.717, 1.165) is 4.90 Å². The molecule has 0 saturated heterocycles. The fraction of sp³-hybridized carbons (Fsp3) is 0. The first kappa shape index (κ1) is 12.8. The summed E-state index contributed by atoms with van der Waals surface area (Å²) >= 11 is 0. The van der Waals surface area contributed by atoms with E-state index in [9.17, 15) is 14.4 Å². The number of aromatic nitrogens is 1. The quantitative estimate of drug-likeness (QED) is 0.631. The van der Waals surface area contributed by atoms with E-state index >= 15 is 0 Å². The van der Waals surface area contributed by atoms with Crippen molar-refractivity contribution in [3.05, 3.63) is 53.3 Å². The molecule has 1 aliphatic rings. The second-order valence-corrected chi connectivity index (χ2v) is 4.45. The van der Waals surface area contributed by atoms with Gasteiger partial charge < -0.3 is 10.8 Å². The number of hydrogen-bond acceptors (Lipinski definition) is 5. The molecule has 0 aliphatic carbocycles. The predicted octanol–water partition coefficient (Wildman–Crippen LogP) is 1.16. The molecule has 2 heterocycles. The Hall–Kier alpha value is -3.22. The molecular weight excluding hydrogens is 274 g/mol. The van der Waals surface area contributed by atoms with Crippen LogP contribution in [0, 0.1) is 0 Å². The summed E-state index contributed by atoms with van der Waals surface area (Å²) in [6, 6.07) is 5.29. The van der Waals surface area contributed by atoms with E-state index in [2.05, 4.69) is 4.98 Å².